The standard InChI is InChI=1S/C15H13FN4O5/c1-24-7-6-19-13(21)14(22)20(15(19)23)8-11-17-12(18-25-11)9-2-4-10(16)5-3-9/h2-5H,6-8H2,1H3. The maximum atomic E-state index is 12.9. The molecule has 130 valence electrons. The van der Waals surface area contributed by atoms with E-state index in [4.69, 9.17) is 9.26 Å². The van der Waals surface area contributed by atoms with E-state index >= 15 is 0 Å². The van der Waals surface area contributed by atoms with Gasteiger partial charge >= 0.3 is 17.8 Å². The Morgan fingerprint density at radius 1 is 1.12 bits per heavy atom. The summed E-state index contributed by atoms with van der Waals surface area (Å²) in [4.78, 5) is 41.5. The molecule has 0 atom stereocenters. The minimum atomic E-state index is -0.970. The number of nitrogens with zero attached hydrogens (tertiary/aromatic N) is 4. The summed E-state index contributed by atoms with van der Waals surface area (Å²) < 4.78 is 22.7. The van der Waals surface area contributed by atoms with Gasteiger partial charge in [-0.25, -0.2) is 14.1 Å². The molecular formula is C15H13FN4O5. The van der Waals surface area contributed by atoms with Gasteiger partial charge in [0.25, 0.3) is 0 Å². The van der Waals surface area contributed by atoms with Crippen LogP contribution in [-0.2, 0) is 20.9 Å². The molecule has 4 amide bonds. The van der Waals surface area contributed by atoms with E-state index in [-0.39, 0.29) is 31.4 Å². The maximum Gasteiger partial charge on any atom is 0.334 e. The molecule has 25 heavy (non-hydrogen) atoms. The molecule has 0 spiro atoms. The van der Waals surface area contributed by atoms with Crippen LogP contribution in [0.3, 0.4) is 0 Å². The first kappa shape index (κ1) is 16.7. The number of urea groups is 1. The largest absolute Gasteiger partial charge is 0.383 e. The molecule has 10 heteroatoms. The molecule has 0 bridgehead atoms. The molecular weight excluding hydrogens is 335 g/mol. The summed E-state index contributed by atoms with van der Waals surface area (Å²) in [6.07, 6.45) is 0. The summed E-state index contributed by atoms with van der Waals surface area (Å²) in [7, 11) is 1.42. The number of carbonyl (C=O) groups is 3. The van der Waals surface area contributed by atoms with Gasteiger partial charge in [-0.2, -0.15) is 4.98 Å². The van der Waals surface area contributed by atoms with Crippen LogP contribution in [0, 0.1) is 5.82 Å². The first-order valence-electron chi connectivity index (χ1n) is 7.26. The van der Waals surface area contributed by atoms with Crippen LogP contribution in [0.1, 0.15) is 5.89 Å². The molecule has 0 N–H and O–H groups in total. The molecule has 1 fully saturated rings. The Morgan fingerprint density at radius 2 is 1.80 bits per heavy atom. The van der Waals surface area contributed by atoms with E-state index in [1.54, 1.807) is 0 Å². The molecule has 1 aromatic carbocycles. The number of imide groups is 2. The zero-order valence-corrected chi connectivity index (χ0v) is 13.1. The number of amides is 4. The van der Waals surface area contributed by atoms with Crippen molar-refractivity contribution in [2.75, 3.05) is 20.3 Å². The van der Waals surface area contributed by atoms with Crippen molar-refractivity contribution >= 4 is 17.8 Å². The van der Waals surface area contributed by atoms with Crippen molar-refractivity contribution < 1.29 is 28.0 Å². The fourth-order valence-corrected chi connectivity index (χ4v) is 2.24. The van der Waals surface area contributed by atoms with Crippen LogP contribution in [0.5, 0.6) is 0 Å². The van der Waals surface area contributed by atoms with Gasteiger partial charge in [-0.1, -0.05) is 5.16 Å². The number of methoxy groups -OCH3 is 1. The molecule has 1 saturated heterocycles. The van der Waals surface area contributed by atoms with E-state index in [0.29, 0.717) is 5.56 Å². The van der Waals surface area contributed by atoms with Gasteiger partial charge in [0, 0.05) is 12.7 Å². The van der Waals surface area contributed by atoms with Crippen LogP contribution < -0.4 is 0 Å². The summed E-state index contributed by atoms with van der Waals surface area (Å²) >= 11 is 0. The lowest BCUT2D eigenvalue weighted by molar-refractivity contribution is -0.143. The van der Waals surface area contributed by atoms with Gasteiger partial charge in [-0.15, -0.1) is 0 Å². The number of rotatable bonds is 6. The van der Waals surface area contributed by atoms with Gasteiger partial charge in [-0.05, 0) is 24.3 Å². The first-order valence-corrected chi connectivity index (χ1v) is 7.26. The van der Waals surface area contributed by atoms with Crippen molar-refractivity contribution in [3.8, 4) is 11.4 Å². The van der Waals surface area contributed by atoms with Crippen LogP contribution in [-0.4, -0.2) is 58.0 Å². The highest BCUT2D eigenvalue weighted by Crippen LogP contribution is 2.19. The zero-order chi connectivity index (χ0) is 18.0. The smallest absolute Gasteiger partial charge is 0.334 e. The summed E-state index contributed by atoms with van der Waals surface area (Å²) in [5, 5.41) is 3.72. The van der Waals surface area contributed by atoms with Crippen molar-refractivity contribution in [3.63, 3.8) is 0 Å². The molecule has 0 radical (unpaired) electrons. The zero-order valence-electron chi connectivity index (χ0n) is 13.1. The second kappa shape index (κ2) is 6.77. The van der Waals surface area contributed by atoms with Gasteiger partial charge in [0.05, 0.1) is 13.2 Å². The third-order valence-electron chi connectivity index (χ3n) is 3.52. The predicted molar refractivity (Wildman–Crippen MR) is 79.2 cm³/mol. The average molecular weight is 348 g/mol. The van der Waals surface area contributed by atoms with E-state index in [9.17, 15) is 18.8 Å². The lowest BCUT2D eigenvalue weighted by atomic mass is 10.2. The van der Waals surface area contributed by atoms with Crippen molar-refractivity contribution in [2.45, 2.75) is 6.54 Å². The maximum absolute atomic E-state index is 12.9. The molecule has 9 nitrogen and oxygen atoms in total. The van der Waals surface area contributed by atoms with Crippen molar-refractivity contribution in [3.05, 3.63) is 36.0 Å². The van der Waals surface area contributed by atoms with E-state index in [0.717, 1.165) is 9.80 Å². The second-order valence-corrected chi connectivity index (χ2v) is 5.14. The highest BCUT2D eigenvalue weighted by atomic mass is 19.1. The summed E-state index contributed by atoms with van der Waals surface area (Å²) in [6, 6.07) is 4.64. The van der Waals surface area contributed by atoms with E-state index in [1.165, 1.54) is 31.4 Å². The molecule has 0 unspecified atom stereocenters. The molecule has 1 aromatic heterocycles. The van der Waals surface area contributed by atoms with E-state index in [2.05, 4.69) is 10.1 Å². The van der Waals surface area contributed by atoms with Gasteiger partial charge in [0.15, 0.2) is 0 Å². The molecule has 1 aliphatic heterocycles. The summed E-state index contributed by atoms with van der Waals surface area (Å²) in [5.41, 5.74) is 0.508. The number of hydrogen-bond donors (Lipinski definition) is 0. The Hall–Kier alpha value is -3.14. The fourth-order valence-electron chi connectivity index (χ4n) is 2.24. The van der Waals surface area contributed by atoms with Gasteiger partial charge in [0.1, 0.15) is 12.4 Å². The minimum Gasteiger partial charge on any atom is -0.383 e. The SMILES string of the molecule is COCCN1C(=O)C(=O)N(Cc2nc(-c3ccc(F)cc3)no2)C1=O. The normalized spacial score (nSPS) is 14.7. The lowest BCUT2D eigenvalue weighted by Crippen LogP contribution is -2.35. The first-order chi connectivity index (χ1) is 12.0. The molecule has 3 rings (SSSR count). The molecule has 2 heterocycles. The van der Waals surface area contributed by atoms with Crippen molar-refractivity contribution in [2.24, 2.45) is 0 Å². The van der Waals surface area contributed by atoms with E-state index < -0.39 is 23.7 Å². The third-order valence-corrected chi connectivity index (χ3v) is 3.52. The fraction of sp³-hybridized carbons (Fsp3) is 0.267. The number of ether oxygens (including phenoxy) is 1. The Balaban J connectivity index is 1.74. The Labute approximate surface area is 141 Å². The molecule has 1 aliphatic rings. The molecule has 0 aliphatic carbocycles. The molecule has 2 aromatic rings. The predicted octanol–water partition coefficient (Wildman–Crippen LogP) is 0.813. The van der Waals surface area contributed by atoms with Crippen LogP contribution in [0.4, 0.5) is 9.18 Å². The third kappa shape index (κ3) is 3.24. The number of halogens is 1. The summed E-state index contributed by atoms with van der Waals surface area (Å²) in [6.45, 7) is -0.240. The monoisotopic (exact) mass is 348 g/mol. The second-order valence-electron chi connectivity index (χ2n) is 5.14. The minimum absolute atomic E-state index is 0.0255. The number of benzene rings is 1. The highest BCUT2D eigenvalue weighted by molar-refractivity contribution is 6.44. The van der Waals surface area contributed by atoms with Crippen LogP contribution in [0.25, 0.3) is 11.4 Å². The topological polar surface area (TPSA) is 106 Å². The van der Waals surface area contributed by atoms with Crippen LogP contribution in [0.2, 0.25) is 0 Å². The quantitative estimate of drug-likeness (QED) is 0.562. The number of hydrogen-bond acceptors (Lipinski definition) is 7. The van der Waals surface area contributed by atoms with Crippen LogP contribution in [0.15, 0.2) is 28.8 Å². The van der Waals surface area contributed by atoms with Crippen LogP contribution >= 0.6 is 0 Å². The highest BCUT2D eigenvalue weighted by Gasteiger charge is 2.44. The Morgan fingerprint density at radius 3 is 2.48 bits per heavy atom. The van der Waals surface area contributed by atoms with Crippen molar-refractivity contribution in [1.82, 2.24) is 19.9 Å². The molecule has 0 saturated carbocycles. The lowest BCUT2D eigenvalue weighted by Gasteiger charge is -2.13. The van der Waals surface area contributed by atoms with Gasteiger partial charge < -0.3 is 9.26 Å². The Bertz CT molecular complexity index is 820. The van der Waals surface area contributed by atoms with E-state index in [1.807, 2.05) is 0 Å². The van der Waals surface area contributed by atoms with Crippen molar-refractivity contribution in [1.29, 1.82) is 0 Å². The average Bonchev–Trinajstić information content (AvgIpc) is 3.14. The number of aromatic nitrogens is 2. The number of carbonyl (C=O) groups excluding carboxylic acids is 3. The Kier molecular flexibility index (Phi) is 4.52. The summed E-state index contributed by atoms with van der Waals surface area (Å²) in [5.74, 6) is -2.16. The van der Waals surface area contributed by atoms with Gasteiger partial charge in [-0.3, -0.25) is 14.5 Å². The van der Waals surface area contributed by atoms with Gasteiger partial charge in [0.2, 0.25) is 11.7 Å².